The van der Waals surface area contributed by atoms with E-state index in [-0.39, 0.29) is 6.07 Å². The average Bonchev–Trinajstić information content (AvgIpc) is 2.43. The second-order valence-electron chi connectivity index (χ2n) is 4.21. The van der Waals surface area contributed by atoms with E-state index in [4.69, 9.17) is 16.2 Å². The molecule has 5 nitrogen and oxygen atoms in total. The Labute approximate surface area is 137 Å². The quantitative estimate of drug-likeness (QED) is 0.265. The first-order chi connectivity index (χ1) is 11.0. The van der Waals surface area contributed by atoms with Crippen LogP contribution >= 0.6 is 11.6 Å². The van der Waals surface area contributed by atoms with Crippen molar-refractivity contribution >= 4 is 27.7 Å². The van der Waals surface area contributed by atoms with E-state index in [1.807, 2.05) is 0 Å². The minimum Gasteiger partial charge on any atom is -0.441 e. The second-order valence-corrected chi connectivity index (χ2v) is 6.08. The van der Waals surface area contributed by atoms with Gasteiger partial charge in [-0.15, -0.1) is 0 Å². The van der Waals surface area contributed by atoms with Crippen molar-refractivity contribution in [1.82, 2.24) is 0 Å². The normalized spacial score (nSPS) is 14.3. The monoisotopic (exact) mass is 422 g/mol. The molecule has 0 aromatic heterocycles. The third-order valence-electron chi connectivity index (χ3n) is 2.49. The fraction of sp³-hybridized carbons (Fsp3) is 0.300. The highest BCUT2D eigenvalue weighted by atomic mass is 35.5. The van der Waals surface area contributed by atoms with E-state index in [2.05, 4.69) is 4.74 Å². The predicted molar refractivity (Wildman–Crippen MR) is 63.1 cm³/mol. The molecule has 0 spiro atoms. The molecule has 0 bridgehead atoms. The SMILES string of the molecule is O=C(OC(C(F)(F)F)C(F)(F)S(=O)(=O)O)c1cc(F)c(F)c(Cl)c1F. The third kappa shape index (κ3) is 4.12. The van der Waals surface area contributed by atoms with Gasteiger partial charge in [0.15, 0.2) is 17.5 Å². The fourth-order valence-corrected chi connectivity index (χ4v) is 2.00. The summed E-state index contributed by atoms with van der Waals surface area (Å²) in [7, 11) is -6.73. The van der Waals surface area contributed by atoms with Crippen LogP contribution in [0.3, 0.4) is 0 Å². The minimum absolute atomic E-state index is 0.349. The van der Waals surface area contributed by atoms with Gasteiger partial charge in [-0.3, -0.25) is 4.55 Å². The van der Waals surface area contributed by atoms with Gasteiger partial charge >= 0.3 is 27.5 Å². The van der Waals surface area contributed by atoms with Gasteiger partial charge in [0.25, 0.3) is 6.10 Å². The lowest BCUT2D eigenvalue weighted by atomic mass is 10.2. The van der Waals surface area contributed by atoms with Crippen LogP contribution in [0.2, 0.25) is 5.02 Å². The number of carbonyl (C=O) groups excluding carboxylic acids is 1. The van der Waals surface area contributed by atoms with Crippen molar-refractivity contribution in [2.75, 3.05) is 0 Å². The topological polar surface area (TPSA) is 80.7 Å². The lowest BCUT2D eigenvalue weighted by molar-refractivity contribution is -0.248. The number of ether oxygens (including phenoxy) is 1. The van der Waals surface area contributed by atoms with Crippen molar-refractivity contribution in [3.8, 4) is 0 Å². The molecule has 0 amide bonds. The van der Waals surface area contributed by atoms with E-state index < -0.39 is 61.7 Å². The van der Waals surface area contributed by atoms with Crippen molar-refractivity contribution < 1.29 is 57.6 Å². The molecular formula is C10H3ClF8O5S. The van der Waals surface area contributed by atoms with Crippen LogP contribution in [0.5, 0.6) is 0 Å². The van der Waals surface area contributed by atoms with E-state index in [9.17, 15) is 48.3 Å². The molecule has 1 N–H and O–H groups in total. The summed E-state index contributed by atoms with van der Waals surface area (Å²) in [6.45, 7) is 0. The summed E-state index contributed by atoms with van der Waals surface area (Å²) in [6, 6.07) is -0.349. The van der Waals surface area contributed by atoms with Gasteiger partial charge in [0.1, 0.15) is 5.02 Å². The summed E-state index contributed by atoms with van der Waals surface area (Å²) in [5.41, 5.74) is -1.83. The van der Waals surface area contributed by atoms with Crippen molar-refractivity contribution in [2.45, 2.75) is 17.5 Å². The molecule has 1 atom stereocenters. The molecule has 0 radical (unpaired) electrons. The summed E-state index contributed by atoms with van der Waals surface area (Å²) < 4.78 is 136. The van der Waals surface area contributed by atoms with Gasteiger partial charge in [-0.2, -0.15) is 30.4 Å². The van der Waals surface area contributed by atoms with Gasteiger partial charge < -0.3 is 4.74 Å². The molecule has 0 aliphatic carbocycles. The zero-order valence-electron chi connectivity index (χ0n) is 11.0. The second kappa shape index (κ2) is 6.57. The Morgan fingerprint density at radius 1 is 1.12 bits per heavy atom. The van der Waals surface area contributed by atoms with E-state index in [0.717, 1.165) is 0 Å². The molecular weight excluding hydrogens is 420 g/mol. The van der Waals surface area contributed by atoms with Crippen LogP contribution in [-0.2, 0) is 14.9 Å². The molecule has 1 unspecified atom stereocenters. The van der Waals surface area contributed by atoms with Crippen molar-refractivity contribution in [3.05, 3.63) is 34.1 Å². The molecule has 142 valence electrons. The van der Waals surface area contributed by atoms with Gasteiger partial charge in [-0.05, 0) is 6.07 Å². The molecule has 1 aromatic rings. The lowest BCUT2D eigenvalue weighted by Gasteiger charge is -2.26. The van der Waals surface area contributed by atoms with Crippen molar-refractivity contribution in [1.29, 1.82) is 0 Å². The molecule has 15 heteroatoms. The number of benzene rings is 1. The third-order valence-corrected chi connectivity index (χ3v) is 3.73. The molecule has 1 aromatic carbocycles. The molecule has 0 fully saturated rings. The van der Waals surface area contributed by atoms with Crippen LogP contribution in [0.1, 0.15) is 10.4 Å². The lowest BCUT2D eigenvalue weighted by Crippen LogP contribution is -2.52. The number of esters is 1. The molecule has 25 heavy (non-hydrogen) atoms. The van der Waals surface area contributed by atoms with Crippen LogP contribution in [-0.4, -0.2) is 36.5 Å². The summed E-state index contributed by atoms with van der Waals surface area (Å²) in [5, 5.41) is -7.78. The van der Waals surface area contributed by atoms with E-state index in [1.165, 1.54) is 0 Å². The number of rotatable bonds is 4. The van der Waals surface area contributed by atoms with Gasteiger partial charge in [0, 0.05) is 0 Å². The van der Waals surface area contributed by atoms with Crippen LogP contribution in [0.4, 0.5) is 35.1 Å². The number of halogens is 9. The maximum atomic E-state index is 13.5. The molecule has 0 saturated heterocycles. The summed E-state index contributed by atoms with van der Waals surface area (Å²) >= 11 is 4.92. The average molecular weight is 423 g/mol. The van der Waals surface area contributed by atoms with Crippen molar-refractivity contribution in [2.24, 2.45) is 0 Å². The Hall–Kier alpha value is -1.67. The molecule has 0 aliphatic heterocycles. The van der Waals surface area contributed by atoms with E-state index in [0.29, 0.717) is 0 Å². The summed E-state index contributed by atoms with van der Waals surface area (Å²) in [6.07, 6.45) is -11.0. The van der Waals surface area contributed by atoms with Crippen molar-refractivity contribution in [3.63, 3.8) is 0 Å². The Morgan fingerprint density at radius 3 is 2.00 bits per heavy atom. The highest BCUT2D eigenvalue weighted by molar-refractivity contribution is 7.86. The maximum absolute atomic E-state index is 13.5. The Morgan fingerprint density at radius 2 is 1.60 bits per heavy atom. The number of carbonyl (C=O) groups is 1. The fourth-order valence-electron chi connectivity index (χ4n) is 1.35. The number of alkyl halides is 5. The molecule has 0 aliphatic rings. The molecule has 1 rings (SSSR count). The van der Waals surface area contributed by atoms with E-state index >= 15 is 0 Å². The van der Waals surface area contributed by atoms with Gasteiger partial charge in [0.2, 0.25) is 0 Å². The van der Waals surface area contributed by atoms with Crippen LogP contribution in [0, 0.1) is 17.5 Å². The first kappa shape index (κ1) is 21.4. The highest BCUT2D eigenvalue weighted by Gasteiger charge is 2.66. The smallest absolute Gasteiger partial charge is 0.432 e. The number of hydrogen-bond donors (Lipinski definition) is 1. The van der Waals surface area contributed by atoms with E-state index in [1.54, 1.807) is 0 Å². The highest BCUT2D eigenvalue weighted by Crippen LogP contribution is 2.38. The van der Waals surface area contributed by atoms with Gasteiger partial charge in [0.05, 0.1) is 5.56 Å². The van der Waals surface area contributed by atoms with Crippen LogP contribution < -0.4 is 0 Å². The number of hydrogen-bond acceptors (Lipinski definition) is 4. The molecule has 0 saturated carbocycles. The predicted octanol–water partition coefficient (Wildman–Crippen LogP) is 3.33. The Kier molecular flexibility index (Phi) is 5.61. The van der Waals surface area contributed by atoms with Gasteiger partial charge in [-0.25, -0.2) is 18.0 Å². The molecule has 0 heterocycles. The van der Waals surface area contributed by atoms with Crippen LogP contribution in [0.15, 0.2) is 6.07 Å². The maximum Gasteiger partial charge on any atom is 0.432 e. The standard InChI is InChI=1S/C10H3ClF8O5S/c11-4-5(13)2(1-3(12)6(4)14)7(20)24-8(9(15,16)17)10(18,19)25(21,22)23/h1,8H,(H,21,22,23). The Bertz CT molecular complexity index is 807. The van der Waals surface area contributed by atoms with Crippen LogP contribution in [0.25, 0.3) is 0 Å². The van der Waals surface area contributed by atoms with Gasteiger partial charge in [-0.1, -0.05) is 11.6 Å². The minimum atomic E-state index is -6.73. The first-order valence-electron chi connectivity index (χ1n) is 5.47. The zero-order valence-corrected chi connectivity index (χ0v) is 12.6. The Balaban J connectivity index is 3.40. The zero-order chi connectivity index (χ0) is 20.0. The largest absolute Gasteiger partial charge is 0.441 e. The summed E-state index contributed by atoms with van der Waals surface area (Å²) in [5.74, 6) is -8.87. The summed E-state index contributed by atoms with van der Waals surface area (Å²) in [4.78, 5) is 11.4. The first-order valence-corrected chi connectivity index (χ1v) is 7.29.